The van der Waals surface area contributed by atoms with Gasteiger partial charge in [-0.15, -0.1) is 24.0 Å². The highest BCUT2D eigenvalue weighted by molar-refractivity contribution is 14.0. The van der Waals surface area contributed by atoms with Gasteiger partial charge in [0.05, 0.1) is 0 Å². The molecule has 6 nitrogen and oxygen atoms in total. The van der Waals surface area contributed by atoms with E-state index in [2.05, 4.69) is 57.8 Å². The van der Waals surface area contributed by atoms with Gasteiger partial charge in [0.25, 0.3) is 5.91 Å². The van der Waals surface area contributed by atoms with E-state index in [0.29, 0.717) is 0 Å². The average molecular weight is 578 g/mol. The number of amides is 1. The SMILES string of the molecule is CN=C(NCCc1cccc(C(=O)N(C)C)c1)NCc1ccc(CN2CCC(C)CC2)cc1.I. The molecule has 186 valence electrons. The van der Waals surface area contributed by atoms with Crippen molar-refractivity contribution in [2.45, 2.75) is 39.3 Å². The lowest BCUT2D eigenvalue weighted by molar-refractivity contribution is 0.0827. The van der Waals surface area contributed by atoms with Crippen molar-refractivity contribution in [3.8, 4) is 0 Å². The summed E-state index contributed by atoms with van der Waals surface area (Å²) in [7, 11) is 5.33. The van der Waals surface area contributed by atoms with Crippen LogP contribution in [0.1, 0.15) is 46.8 Å². The van der Waals surface area contributed by atoms with Gasteiger partial charge < -0.3 is 15.5 Å². The summed E-state index contributed by atoms with van der Waals surface area (Å²) in [5, 5.41) is 6.76. The van der Waals surface area contributed by atoms with Crippen molar-refractivity contribution in [3.05, 3.63) is 70.8 Å². The highest BCUT2D eigenvalue weighted by Gasteiger charge is 2.15. The Bertz CT molecular complexity index is 921. The minimum Gasteiger partial charge on any atom is -0.356 e. The molecule has 0 radical (unpaired) electrons. The molecule has 2 N–H and O–H groups in total. The van der Waals surface area contributed by atoms with Gasteiger partial charge in [0.15, 0.2) is 5.96 Å². The number of likely N-dealkylation sites (tertiary alicyclic amines) is 1. The van der Waals surface area contributed by atoms with Crippen LogP contribution in [0.3, 0.4) is 0 Å². The van der Waals surface area contributed by atoms with Crippen molar-refractivity contribution in [1.29, 1.82) is 0 Å². The molecule has 0 bridgehead atoms. The van der Waals surface area contributed by atoms with Gasteiger partial charge in [-0.1, -0.05) is 43.3 Å². The Morgan fingerprint density at radius 1 is 1.03 bits per heavy atom. The normalized spacial score (nSPS) is 14.9. The van der Waals surface area contributed by atoms with Crippen LogP contribution in [0, 0.1) is 5.92 Å². The van der Waals surface area contributed by atoms with Gasteiger partial charge >= 0.3 is 0 Å². The zero-order valence-electron chi connectivity index (χ0n) is 21.0. The molecule has 1 amide bonds. The lowest BCUT2D eigenvalue weighted by Crippen LogP contribution is -2.37. The Morgan fingerprint density at radius 3 is 2.35 bits per heavy atom. The molecule has 2 aromatic rings. The Labute approximate surface area is 222 Å². The number of nitrogens with zero attached hydrogens (tertiary/aromatic N) is 3. The molecule has 3 rings (SSSR count). The molecule has 1 fully saturated rings. The topological polar surface area (TPSA) is 60.0 Å². The first kappa shape index (κ1) is 28.1. The number of piperidine rings is 1. The zero-order valence-corrected chi connectivity index (χ0v) is 23.3. The van der Waals surface area contributed by atoms with Crippen LogP contribution in [0.5, 0.6) is 0 Å². The van der Waals surface area contributed by atoms with Gasteiger partial charge in [-0.2, -0.15) is 0 Å². The van der Waals surface area contributed by atoms with Crippen LogP contribution in [-0.2, 0) is 19.5 Å². The smallest absolute Gasteiger partial charge is 0.253 e. The number of rotatable bonds is 8. The average Bonchev–Trinajstić information content (AvgIpc) is 2.83. The summed E-state index contributed by atoms with van der Waals surface area (Å²) >= 11 is 0. The number of aliphatic imine (C=N–C) groups is 1. The molecular weight excluding hydrogens is 537 g/mol. The van der Waals surface area contributed by atoms with E-state index in [0.717, 1.165) is 49.1 Å². The maximum atomic E-state index is 12.2. The van der Waals surface area contributed by atoms with Gasteiger partial charge in [-0.25, -0.2) is 0 Å². The number of guanidine groups is 1. The maximum absolute atomic E-state index is 12.2. The standard InChI is InChI=1S/C27H39N5O.HI/c1-21-13-16-32(17-14-21)20-24-10-8-23(9-11-24)19-30-27(28-2)29-15-12-22-6-5-7-25(18-22)26(33)31(3)4;/h5-11,18,21H,12-17,19-20H2,1-4H3,(H2,28,29,30);1H. The van der Waals surface area contributed by atoms with Gasteiger partial charge in [-0.3, -0.25) is 14.7 Å². The summed E-state index contributed by atoms with van der Waals surface area (Å²) < 4.78 is 0. The van der Waals surface area contributed by atoms with Crippen LogP contribution in [0.25, 0.3) is 0 Å². The van der Waals surface area contributed by atoms with Gasteiger partial charge in [0.2, 0.25) is 0 Å². The van der Waals surface area contributed by atoms with Gasteiger partial charge in [-0.05, 0) is 67.1 Å². The van der Waals surface area contributed by atoms with Crippen molar-refractivity contribution in [3.63, 3.8) is 0 Å². The quantitative estimate of drug-likeness (QED) is 0.281. The second kappa shape index (κ2) is 14.3. The minimum absolute atomic E-state index is 0. The first-order chi connectivity index (χ1) is 15.9. The molecule has 0 unspecified atom stereocenters. The van der Waals surface area contributed by atoms with E-state index in [1.165, 1.54) is 37.1 Å². The van der Waals surface area contributed by atoms with Gasteiger partial charge in [0, 0.05) is 46.3 Å². The minimum atomic E-state index is 0. The Morgan fingerprint density at radius 2 is 1.71 bits per heavy atom. The predicted octanol–water partition coefficient (Wildman–Crippen LogP) is 4.15. The van der Waals surface area contributed by atoms with Gasteiger partial charge in [0.1, 0.15) is 0 Å². The van der Waals surface area contributed by atoms with Crippen molar-refractivity contribution in [1.82, 2.24) is 20.4 Å². The first-order valence-electron chi connectivity index (χ1n) is 12.0. The third-order valence-electron chi connectivity index (χ3n) is 6.28. The molecule has 1 aliphatic rings. The highest BCUT2D eigenvalue weighted by Crippen LogP contribution is 2.18. The number of carbonyl (C=O) groups is 1. The van der Waals surface area contributed by atoms with E-state index in [1.807, 2.05) is 18.2 Å². The zero-order chi connectivity index (χ0) is 23.6. The van der Waals surface area contributed by atoms with Crippen LogP contribution in [0.15, 0.2) is 53.5 Å². The summed E-state index contributed by atoms with van der Waals surface area (Å²) in [5.41, 5.74) is 4.47. The first-order valence-corrected chi connectivity index (χ1v) is 12.0. The number of carbonyl (C=O) groups excluding carboxylic acids is 1. The second-order valence-corrected chi connectivity index (χ2v) is 9.28. The summed E-state index contributed by atoms with van der Waals surface area (Å²) in [4.78, 5) is 20.6. The number of hydrogen-bond acceptors (Lipinski definition) is 3. The molecule has 7 heteroatoms. The summed E-state index contributed by atoms with van der Waals surface area (Å²) in [6.07, 6.45) is 3.45. The number of hydrogen-bond donors (Lipinski definition) is 2. The van der Waals surface area contributed by atoms with Crippen LogP contribution < -0.4 is 10.6 Å². The van der Waals surface area contributed by atoms with E-state index in [9.17, 15) is 4.79 Å². The third-order valence-corrected chi connectivity index (χ3v) is 6.28. The predicted molar refractivity (Wildman–Crippen MR) is 152 cm³/mol. The lowest BCUT2D eigenvalue weighted by atomic mass is 9.99. The molecule has 0 aliphatic carbocycles. The van der Waals surface area contributed by atoms with Crippen LogP contribution in [0.4, 0.5) is 0 Å². The fourth-order valence-corrected chi connectivity index (χ4v) is 4.09. The van der Waals surface area contributed by atoms with Crippen molar-refractivity contribution < 1.29 is 4.79 Å². The van der Waals surface area contributed by atoms with E-state index < -0.39 is 0 Å². The molecular formula is C27H40IN5O. The number of halogens is 1. The summed E-state index contributed by atoms with van der Waals surface area (Å²) in [6.45, 7) is 7.30. The molecule has 0 aromatic heterocycles. The Hall–Kier alpha value is -2.13. The molecule has 1 heterocycles. The third kappa shape index (κ3) is 8.91. The van der Waals surface area contributed by atoms with Crippen LogP contribution >= 0.6 is 24.0 Å². The molecule has 0 saturated carbocycles. The number of benzene rings is 2. The van der Waals surface area contributed by atoms with E-state index in [4.69, 9.17) is 0 Å². The van der Waals surface area contributed by atoms with Crippen molar-refractivity contribution in [2.24, 2.45) is 10.9 Å². The van der Waals surface area contributed by atoms with Crippen LogP contribution in [0.2, 0.25) is 0 Å². The fourth-order valence-electron chi connectivity index (χ4n) is 4.09. The van der Waals surface area contributed by atoms with Crippen molar-refractivity contribution >= 4 is 35.8 Å². The van der Waals surface area contributed by atoms with Crippen molar-refractivity contribution in [2.75, 3.05) is 40.8 Å². The highest BCUT2D eigenvalue weighted by atomic mass is 127. The maximum Gasteiger partial charge on any atom is 0.253 e. The summed E-state index contributed by atoms with van der Waals surface area (Å²) in [5.74, 6) is 1.68. The second-order valence-electron chi connectivity index (χ2n) is 9.28. The Kier molecular flexibility index (Phi) is 11.8. The molecule has 34 heavy (non-hydrogen) atoms. The molecule has 1 saturated heterocycles. The largest absolute Gasteiger partial charge is 0.356 e. The van der Waals surface area contributed by atoms with E-state index in [1.54, 1.807) is 26.0 Å². The van der Waals surface area contributed by atoms with E-state index >= 15 is 0 Å². The molecule has 0 atom stereocenters. The molecule has 0 spiro atoms. The lowest BCUT2D eigenvalue weighted by Gasteiger charge is -2.30. The Balaban J connectivity index is 0.00000408. The van der Waals surface area contributed by atoms with E-state index in [-0.39, 0.29) is 29.9 Å². The molecule has 1 aliphatic heterocycles. The van der Waals surface area contributed by atoms with Crippen LogP contribution in [-0.4, -0.2) is 62.4 Å². The number of nitrogens with one attached hydrogen (secondary N) is 2. The fraction of sp³-hybridized carbons (Fsp3) is 0.481. The summed E-state index contributed by atoms with van der Waals surface area (Å²) in [6, 6.07) is 16.7. The molecule has 2 aromatic carbocycles. The monoisotopic (exact) mass is 577 g/mol.